The predicted molar refractivity (Wildman–Crippen MR) is 105 cm³/mol. The minimum atomic E-state index is 0.0118. The molecule has 1 N–H and O–H groups in total. The molecule has 1 fully saturated rings. The summed E-state index contributed by atoms with van der Waals surface area (Å²) in [7, 11) is 0. The van der Waals surface area contributed by atoms with Crippen LogP contribution in [0.25, 0.3) is 0 Å². The van der Waals surface area contributed by atoms with Crippen LogP contribution in [0.15, 0.2) is 24.3 Å². The van der Waals surface area contributed by atoms with Crippen LogP contribution in [0.5, 0.6) is 0 Å². The fourth-order valence-electron chi connectivity index (χ4n) is 3.53. The van der Waals surface area contributed by atoms with E-state index in [0.717, 1.165) is 44.5 Å². The minimum absolute atomic E-state index is 0.0118. The van der Waals surface area contributed by atoms with Gasteiger partial charge in [-0.25, -0.2) is 9.97 Å². The first-order valence-corrected chi connectivity index (χ1v) is 9.65. The summed E-state index contributed by atoms with van der Waals surface area (Å²) in [5.74, 6) is 1.31. The highest BCUT2D eigenvalue weighted by Gasteiger charge is 2.20. The van der Waals surface area contributed by atoms with Gasteiger partial charge in [-0.1, -0.05) is 32.0 Å². The van der Waals surface area contributed by atoms with Crippen molar-refractivity contribution in [2.24, 2.45) is 0 Å². The second-order valence-corrected chi connectivity index (χ2v) is 6.82. The molecule has 2 aromatic rings. The number of carbonyl (C=O) groups excluding carboxylic acids is 1. The normalized spacial score (nSPS) is 14.3. The fraction of sp³-hybridized carbons (Fsp3) is 0.476. The van der Waals surface area contributed by atoms with Crippen molar-refractivity contribution in [2.75, 3.05) is 18.4 Å². The van der Waals surface area contributed by atoms with Crippen LogP contribution in [0.3, 0.4) is 0 Å². The van der Waals surface area contributed by atoms with Gasteiger partial charge in [0.2, 0.25) is 0 Å². The molecule has 1 saturated heterocycles. The lowest BCUT2D eigenvalue weighted by molar-refractivity contribution is 0.0718. The van der Waals surface area contributed by atoms with Crippen LogP contribution < -0.4 is 5.32 Å². The maximum Gasteiger partial charge on any atom is 0.272 e. The van der Waals surface area contributed by atoms with Gasteiger partial charge in [-0.3, -0.25) is 4.79 Å². The molecule has 1 amide bonds. The second-order valence-electron chi connectivity index (χ2n) is 6.82. The number of hydrogen-bond acceptors (Lipinski definition) is 4. The van der Waals surface area contributed by atoms with E-state index in [1.807, 2.05) is 11.8 Å². The van der Waals surface area contributed by atoms with E-state index in [4.69, 9.17) is 0 Å². The van der Waals surface area contributed by atoms with Gasteiger partial charge in [0.1, 0.15) is 17.3 Å². The first-order valence-electron chi connectivity index (χ1n) is 9.65. The number of piperidine rings is 1. The Kier molecular flexibility index (Phi) is 5.86. The third kappa shape index (κ3) is 4.03. The first kappa shape index (κ1) is 18.4. The molecule has 1 aromatic carbocycles. The third-order valence-electron chi connectivity index (χ3n) is 4.95. The number of amides is 1. The Hall–Kier alpha value is -2.43. The Morgan fingerprint density at radius 1 is 1.08 bits per heavy atom. The molecule has 0 unspecified atom stereocenters. The van der Waals surface area contributed by atoms with Crippen LogP contribution in [0.2, 0.25) is 0 Å². The van der Waals surface area contributed by atoms with Gasteiger partial charge >= 0.3 is 0 Å². The van der Waals surface area contributed by atoms with E-state index in [1.54, 1.807) is 6.07 Å². The molecule has 5 nitrogen and oxygen atoms in total. The van der Waals surface area contributed by atoms with Crippen LogP contribution in [-0.2, 0) is 12.8 Å². The van der Waals surface area contributed by atoms with E-state index < -0.39 is 0 Å². The Bertz CT molecular complexity index is 759. The van der Waals surface area contributed by atoms with E-state index in [-0.39, 0.29) is 5.91 Å². The maximum absolute atomic E-state index is 12.8. The summed E-state index contributed by atoms with van der Waals surface area (Å²) in [6.45, 7) is 7.78. The molecule has 1 aliphatic heterocycles. The average molecular weight is 352 g/mol. The minimum Gasteiger partial charge on any atom is -0.340 e. The fourth-order valence-corrected chi connectivity index (χ4v) is 3.53. The van der Waals surface area contributed by atoms with E-state index in [0.29, 0.717) is 17.3 Å². The van der Waals surface area contributed by atoms with E-state index in [9.17, 15) is 4.79 Å². The monoisotopic (exact) mass is 352 g/mol. The molecule has 1 aromatic heterocycles. The third-order valence-corrected chi connectivity index (χ3v) is 4.95. The summed E-state index contributed by atoms with van der Waals surface area (Å²) in [6.07, 6.45) is 5.24. The van der Waals surface area contributed by atoms with Crippen molar-refractivity contribution in [3.63, 3.8) is 0 Å². The molecule has 0 saturated carbocycles. The molecule has 5 heteroatoms. The number of likely N-dealkylation sites (tertiary alicyclic amines) is 1. The van der Waals surface area contributed by atoms with E-state index >= 15 is 0 Å². The molecule has 0 spiro atoms. The Labute approximate surface area is 155 Å². The number of aryl methyl sites for hydroxylation is 3. The molecule has 0 atom stereocenters. The smallest absolute Gasteiger partial charge is 0.272 e. The van der Waals surface area contributed by atoms with Gasteiger partial charge < -0.3 is 10.2 Å². The lowest BCUT2D eigenvalue weighted by Crippen LogP contribution is -2.36. The topological polar surface area (TPSA) is 58.1 Å². The van der Waals surface area contributed by atoms with Crippen molar-refractivity contribution in [2.45, 2.75) is 52.9 Å². The number of para-hydroxylation sites is 1. The molecule has 1 aliphatic rings. The summed E-state index contributed by atoms with van der Waals surface area (Å²) in [5.41, 5.74) is 4.09. The molecule has 138 valence electrons. The molecule has 3 rings (SSSR count). The van der Waals surface area contributed by atoms with Gasteiger partial charge in [0, 0.05) is 24.8 Å². The van der Waals surface area contributed by atoms with Crippen LogP contribution in [-0.4, -0.2) is 33.9 Å². The van der Waals surface area contributed by atoms with Crippen LogP contribution in [0, 0.1) is 6.92 Å². The van der Waals surface area contributed by atoms with Gasteiger partial charge in [-0.05, 0) is 50.2 Å². The average Bonchev–Trinajstić information content (AvgIpc) is 2.67. The highest BCUT2D eigenvalue weighted by Crippen LogP contribution is 2.26. The molecular weight excluding hydrogens is 324 g/mol. The predicted octanol–water partition coefficient (Wildman–Crippen LogP) is 4.28. The summed E-state index contributed by atoms with van der Waals surface area (Å²) in [4.78, 5) is 23.6. The van der Waals surface area contributed by atoms with Crippen molar-refractivity contribution in [3.8, 4) is 0 Å². The standard InChI is InChI=1S/C21H28N4O/c1-4-16-10-9-11-17(5-2)20(16)24-19-14-18(22-15(3)23-19)21(26)25-12-7-6-8-13-25/h9-11,14H,4-8,12-13H2,1-3H3,(H,22,23,24). The summed E-state index contributed by atoms with van der Waals surface area (Å²) in [6, 6.07) is 8.15. The zero-order chi connectivity index (χ0) is 18.5. The van der Waals surface area contributed by atoms with Crippen LogP contribution >= 0.6 is 0 Å². The van der Waals surface area contributed by atoms with Crippen molar-refractivity contribution in [3.05, 3.63) is 46.9 Å². The number of aromatic nitrogens is 2. The van der Waals surface area contributed by atoms with Crippen molar-refractivity contribution in [1.29, 1.82) is 0 Å². The number of rotatable bonds is 5. The number of anilines is 2. The number of nitrogens with one attached hydrogen (secondary N) is 1. The van der Waals surface area contributed by atoms with Crippen molar-refractivity contribution < 1.29 is 4.79 Å². The van der Waals surface area contributed by atoms with Gasteiger partial charge in [0.15, 0.2) is 0 Å². The number of carbonyl (C=O) groups is 1. The van der Waals surface area contributed by atoms with Gasteiger partial charge in [-0.15, -0.1) is 0 Å². The van der Waals surface area contributed by atoms with Gasteiger partial charge in [0.25, 0.3) is 5.91 Å². The van der Waals surface area contributed by atoms with Gasteiger partial charge in [0.05, 0.1) is 0 Å². The zero-order valence-electron chi connectivity index (χ0n) is 16.0. The number of benzene rings is 1. The SMILES string of the molecule is CCc1cccc(CC)c1Nc1cc(C(=O)N2CCCCC2)nc(C)n1. The number of nitrogens with zero attached hydrogens (tertiary/aromatic N) is 3. The Balaban J connectivity index is 1.90. The molecule has 0 bridgehead atoms. The summed E-state index contributed by atoms with van der Waals surface area (Å²) >= 11 is 0. The first-order chi connectivity index (χ1) is 12.6. The van der Waals surface area contributed by atoms with E-state index in [2.05, 4.69) is 47.3 Å². The summed E-state index contributed by atoms with van der Waals surface area (Å²) in [5, 5.41) is 3.46. The Morgan fingerprint density at radius 2 is 1.73 bits per heavy atom. The van der Waals surface area contributed by atoms with Crippen molar-refractivity contribution in [1.82, 2.24) is 14.9 Å². The maximum atomic E-state index is 12.8. The molecule has 0 radical (unpaired) electrons. The largest absolute Gasteiger partial charge is 0.340 e. The van der Waals surface area contributed by atoms with Gasteiger partial charge in [-0.2, -0.15) is 0 Å². The van der Waals surface area contributed by atoms with Crippen LogP contribution in [0.4, 0.5) is 11.5 Å². The molecule has 2 heterocycles. The zero-order valence-corrected chi connectivity index (χ0v) is 16.0. The lowest BCUT2D eigenvalue weighted by Gasteiger charge is -2.26. The Morgan fingerprint density at radius 3 is 2.35 bits per heavy atom. The molecular formula is C21H28N4O. The van der Waals surface area contributed by atoms with Crippen molar-refractivity contribution >= 4 is 17.4 Å². The lowest BCUT2D eigenvalue weighted by atomic mass is 10.0. The highest BCUT2D eigenvalue weighted by atomic mass is 16.2. The second kappa shape index (κ2) is 8.30. The molecule has 26 heavy (non-hydrogen) atoms. The van der Waals surface area contributed by atoms with E-state index in [1.165, 1.54) is 17.5 Å². The molecule has 0 aliphatic carbocycles. The number of hydrogen-bond donors (Lipinski definition) is 1. The van der Waals surface area contributed by atoms with Crippen LogP contribution in [0.1, 0.15) is 60.5 Å². The highest BCUT2D eigenvalue weighted by molar-refractivity contribution is 5.93. The summed E-state index contributed by atoms with van der Waals surface area (Å²) < 4.78 is 0. The quantitative estimate of drug-likeness (QED) is 0.872.